The van der Waals surface area contributed by atoms with Crippen LogP contribution in [-0.4, -0.2) is 51.9 Å². The van der Waals surface area contributed by atoms with E-state index in [2.05, 4.69) is 34.3 Å². The number of methoxy groups -OCH3 is 1. The van der Waals surface area contributed by atoms with Crippen molar-refractivity contribution in [1.29, 1.82) is 0 Å². The Labute approximate surface area is 148 Å². The molecule has 1 aromatic carbocycles. The van der Waals surface area contributed by atoms with Gasteiger partial charge in [-0.2, -0.15) is 5.10 Å². The van der Waals surface area contributed by atoms with Gasteiger partial charge in [0.05, 0.1) is 6.10 Å². The van der Waals surface area contributed by atoms with Gasteiger partial charge in [0.15, 0.2) is 0 Å². The number of carbonyl (C=O) groups is 1. The molecule has 2 atom stereocenters. The van der Waals surface area contributed by atoms with Crippen LogP contribution in [0.4, 0.5) is 0 Å². The molecule has 6 nitrogen and oxygen atoms in total. The van der Waals surface area contributed by atoms with E-state index in [1.165, 1.54) is 5.56 Å². The highest BCUT2D eigenvalue weighted by atomic mass is 16.5. The molecule has 0 aliphatic carbocycles. The number of hydrogen-bond donors (Lipinski definition) is 0. The Kier molecular flexibility index (Phi) is 5.48. The molecule has 0 spiro atoms. The molecule has 1 saturated heterocycles. The van der Waals surface area contributed by atoms with E-state index >= 15 is 0 Å². The maximum atomic E-state index is 12.6. The number of amides is 1. The van der Waals surface area contributed by atoms with Gasteiger partial charge in [-0.15, -0.1) is 0 Å². The molecule has 1 aromatic heterocycles. The smallest absolute Gasteiger partial charge is 0.244 e. The van der Waals surface area contributed by atoms with Crippen LogP contribution in [0.25, 0.3) is 0 Å². The number of ether oxygens (including phenoxy) is 1. The molecule has 0 N–H and O–H groups in total. The Morgan fingerprint density at radius 3 is 2.68 bits per heavy atom. The second-order valence-electron chi connectivity index (χ2n) is 6.72. The number of piperidine rings is 1. The normalized spacial score (nSPS) is 20.7. The minimum absolute atomic E-state index is 0.0662. The molecule has 0 bridgehead atoms. The summed E-state index contributed by atoms with van der Waals surface area (Å²) in [7, 11) is 1.74. The Morgan fingerprint density at radius 1 is 1.28 bits per heavy atom. The van der Waals surface area contributed by atoms with Gasteiger partial charge in [-0.3, -0.25) is 4.79 Å². The van der Waals surface area contributed by atoms with Crippen LogP contribution in [0, 0.1) is 19.8 Å². The molecule has 25 heavy (non-hydrogen) atoms. The molecule has 0 radical (unpaired) electrons. The fourth-order valence-electron chi connectivity index (χ4n) is 3.55. The van der Waals surface area contributed by atoms with Crippen molar-refractivity contribution >= 4 is 5.91 Å². The number of carbonyl (C=O) groups excluding carboxylic acids is 1. The number of likely N-dealkylation sites (tertiary alicyclic amines) is 1. The van der Waals surface area contributed by atoms with Gasteiger partial charge in [-0.1, -0.05) is 30.3 Å². The van der Waals surface area contributed by atoms with E-state index < -0.39 is 0 Å². The summed E-state index contributed by atoms with van der Waals surface area (Å²) in [5.74, 6) is 1.98. The van der Waals surface area contributed by atoms with Crippen LogP contribution in [-0.2, 0) is 22.5 Å². The molecule has 2 aromatic rings. The van der Waals surface area contributed by atoms with Gasteiger partial charge in [0.25, 0.3) is 0 Å². The van der Waals surface area contributed by atoms with E-state index in [0.29, 0.717) is 18.3 Å². The van der Waals surface area contributed by atoms with Gasteiger partial charge < -0.3 is 9.64 Å². The zero-order valence-corrected chi connectivity index (χ0v) is 15.2. The number of aryl methyl sites for hydroxylation is 2. The second-order valence-corrected chi connectivity index (χ2v) is 6.72. The van der Waals surface area contributed by atoms with Crippen molar-refractivity contribution in [3.63, 3.8) is 0 Å². The highest BCUT2D eigenvalue weighted by Crippen LogP contribution is 2.24. The van der Waals surface area contributed by atoms with Gasteiger partial charge in [0.1, 0.15) is 18.2 Å². The van der Waals surface area contributed by atoms with Crippen LogP contribution < -0.4 is 0 Å². The topological polar surface area (TPSA) is 60.2 Å². The van der Waals surface area contributed by atoms with Crippen LogP contribution in [0.2, 0.25) is 0 Å². The lowest BCUT2D eigenvalue weighted by Gasteiger charge is -2.38. The largest absolute Gasteiger partial charge is 0.379 e. The van der Waals surface area contributed by atoms with E-state index in [1.54, 1.807) is 11.8 Å². The van der Waals surface area contributed by atoms with E-state index in [0.717, 1.165) is 25.2 Å². The molecule has 3 rings (SSSR count). The van der Waals surface area contributed by atoms with Crippen molar-refractivity contribution in [2.45, 2.75) is 39.3 Å². The molecule has 1 aliphatic heterocycles. The zero-order chi connectivity index (χ0) is 17.8. The highest BCUT2D eigenvalue weighted by Gasteiger charge is 2.31. The molecule has 1 aliphatic rings. The Morgan fingerprint density at radius 2 is 2.04 bits per heavy atom. The van der Waals surface area contributed by atoms with E-state index in [9.17, 15) is 4.79 Å². The van der Waals surface area contributed by atoms with Crippen molar-refractivity contribution in [3.05, 3.63) is 47.5 Å². The molecule has 2 heterocycles. The van der Waals surface area contributed by atoms with E-state index in [-0.39, 0.29) is 18.6 Å². The van der Waals surface area contributed by atoms with Crippen LogP contribution in [0.5, 0.6) is 0 Å². The first-order valence-corrected chi connectivity index (χ1v) is 8.79. The molecule has 134 valence electrons. The van der Waals surface area contributed by atoms with Crippen molar-refractivity contribution in [2.24, 2.45) is 5.92 Å². The maximum absolute atomic E-state index is 12.6. The average Bonchev–Trinajstić information content (AvgIpc) is 2.93. The first kappa shape index (κ1) is 17.6. The monoisotopic (exact) mass is 342 g/mol. The minimum atomic E-state index is 0.0662. The number of benzene rings is 1. The lowest BCUT2D eigenvalue weighted by molar-refractivity contribution is -0.137. The first-order valence-electron chi connectivity index (χ1n) is 8.79. The quantitative estimate of drug-likeness (QED) is 0.834. The Hall–Kier alpha value is -2.21. The zero-order valence-electron chi connectivity index (χ0n) is 15.2. The second kappa shape index (κ2) is 7.78. The molecule has 6 heteroatoms. The minimum Gasteiger partial charge on any atom is -0.379 e. The maximum Gasteiger partial charge on any atom is 0.244 e. The highest BCUT2D eigenvalue weighted by molar-refractivity contribution is 5.76. The lowest BCUT2D eigenvalue weighted by Crippen LogP contribution is -2.49. The fraction of sp³-hybridized carbons (Fsp3) is 0.526. The van der Waals surface area contributed by atoms with Gasteiger partial charge in [0.2, 0.25) is 5.91 Å². The predicted molar refractivity (Wildman–Crippen MR) is 95.1 cm³/mol. The first-order chi connectivity index (χ1) is 12.1. The lowest BCUT2D eigenvalue weighted by atomic mass is 9.87. The third-order valence-electron chi connectivity index (χ3n) is 4.94. The molecule has 0 unspecified atom stereocenters. The van der Waals surface area contributed by atoms with Crippen LogP contribution >= 0.6 is 0 Å². The van der Waals surface area contributed by atoms with Crippen LogP contribution in [0.3, 0.4) is 0 Å². The number of nitrogens with zero attached hydrogens (tertiary/aromatic N) is 4. The van der Waals surface area contributed by atoms with Gasteiger partial charge in [-0.25, -0.2) is 9.67 Å². The fourth-order valence-corrected chi connectivity index (χ4v) is 3.55. The van der Waals surface area contributed by atoms with Crippen molar-refractivity contribution in [3.8, 4) is 0 Å². The Balaban J connectivity index is 1.60. The van der Waals surface area contributed by atoms with Gasteiger partial charge >= 0.3 is 0 Å². The van der Waals surface area contributed by atoms with Gasteiger partial charge in [0, 0.05) is 20.2 Å². The third kappa shape index (κ3) is 4.25. The van der Waals surface area contributed by atoms with Crippen LogP contribution in [0.15, 0.2) is 30.3 Å². The summed E-state index contributed by atoms with van der Waals surface area (Å²) in [5.41, 5.74) is 1.32. The summed E-state index contributed by atoms with van der Waals surface area (Å²) < 4.78 is 7.38. The average molecular weight is 342 g/mol. The SMILES string of the molecule is CO[C@H]1CN(C(=O)Cn2nc(C)nc2C)CC[C@@H]1Cc1ccccc1. The van der Waals surface area contributed by atoms with Crippen molar-refractivity contribution in [1.82, 2.24) is 19.7 Å². The molecule has 0 saturated carbocycles. The summed E-state index contributed by atoms with van der Waals surface area (Å²) in [6.07, 6.45) is 2.01. The van der Waals surface area contributed by atoms with E-state index in [4.69, 9.17) is 4.74 Å². The molecular weight excluding hydrogens is 316 g/mol. The molecule has 1 fully saturated rings. The number of rotatable bonds is 5. The predicted octanol–water partition coefficient (Wildman–Crippen LogP) is 2.00. The summed E-state index contributed by atoms with van der Waals surface area (Å²) in [6, 6.07) is 10.5. The summed E-state index contributed by atoms with van der Waals surface area (Å²) in [5, 5.41) is 4.28. The summed E-state index contributed by atoms with van der Waals surface area (Å²) in [6.45, 7) is 5.36. The number of aromatic nitrogens is 3. The Bertz CT molecular complexity index is 713. The van der Waals surface area contributed by atoms with Crippen molar-refractivity contribution in [2.75, 3.05) is 20.2 Å². The number of hydrogen-bond acceptors (Lipinski definition) is 4. The molecular formula is C19H26N4O2. The molecule has 1 amide bonds. The van der Waals surface area contributed by atoms with Crippen LogP contribution in [0.1, 0.15) is 23.6 Å². The third-order valence-corrected chi connectivity index (χ3v) is 4.94. The summed E-state index contributed by atoms with van der Waals surface area (Å²) in [4.78, 5) is 18.8. The van der Waals surface area contributed by atoms with Crippen molar-refractivity contribution < 1.29 is 9.53 Å². The standard InChI is InChI=1S/C19H26N4O2/c1-14-20-15(2)23(21-14)13-19(24)22-10-9-17(18(12-22)25-3)11-16-7-5-4-6-8-16/h4-8,17-18H,9-13H2,1-3H3/t17-,18+/m1/s1. The van der Waals surface area contributed by atoms with E-state index in [1.807, 2.05) is 24.8 Å². The summed E-state index contributed by atoms with van der Waals surface area (Å²) >= 11 is 0. The van der Waals surface area contributed by atoms with Gasteiger partial charge in [-0.05, 0) is 38.2 Å².